The van der Waals surface area contributed by atoms with Gasteiger partial charge in [0.05, 0.1) is 24.5 Å². The first-order chi connectivity index (χ1) is 16.5. The molecule has 0 aliphatic heterocycles. The van der Waals surface area contributed by atoms with Crippen LogP contribution in [0.1, 0.15) is 18.2 Å². The molecule has 174 valence electrons. The molecule has 2 heterocycles. The highest BCUT2D eigenvalue weighted by Crippen LogP contribution is 2.22. The molecule has 0 unspecified atom stereocenters. The van der Waals surface area contributed by atoms with Gasteiger partial charge in [0.2, 0.25) is 11.5 Å². The predicted molar refractivity (Wildman–Crippen MR) is 127 cm³/mol. The predicted octanol–water partition coefficient (Wildman–Crippen LogP) is 2.97. The van der Waals surface area contributed by atoms with Gasteiger partial charge in [-0.25, -0.2) is 24.1 Å². The standard InChI is InChI=1S/C24H22ClN5O4/c1-2-29-23(32)28-22(30(24(29)33)14-16-6-8-17(25)9-7-16)27-18-10-12-20(13-11-18)34-21-5-3-4-19(15-31)26-21/h3-13,31H,2,14-15H2,1H3,(H,27,28,32). The molecule has 0 atom stereocenters. The molecule has 34 heavy (non-hydrogen) atoms. The number of nitrogens with one attached hydrogen (secondary N) is 1. The number of rotatable bonds is 7. The van der Waals surface area contributed by atoms with Crippen LogP contribution in [-0.4, -0.2) is 24.2 Å². The average molecular weight is 480 g/mol. The van der Waals surface area contributed by atoms with Crippen LogP contribution in [0, 0.1) is 0 Å². The lowest BCUT2D eigenvalue weighted by Gasteiger charge is -2.10. The summed E-state index contributed by atoms with van der Waals surface area (Å²) in [6.07, 6.45) is 0. The summed E-state index contributed by atoms with van der Waals surface area (Å²) >= 11 is 5.97. The number of benzene rings is 2. The zero-order valence-corrected chi connectivity index (χ0v) is 19.1. The number of halogens is 1. The van der Waals surface area contributed by atoms with Crippen LogP contribution in [0.2, 0.25) is 5.02 Å². The molecule has 0 spiro atoms. The van der Waals surface area contributed by atoms with Gasteiger partial charge in [-0.05, 0) is 55.0 Å². The van der Waals surface area contributed by atoms with Gasteiger partial charge in [-0.1, -0.05) is 29.8 Å². The molecule has 4 rings (SSSR count). The highest BCUT2D eigenvalue weighted by Gasteiger charge is 2.09. The minimum Gasteiger partial charge on any atom is -0.439 e. The smallest absolute Gasteiger partial charge is 0.335 e. The second-order valence-electron chi connectivity index (χ2n) is 7.33. The number of aliphatic hydroxyl groups excluding tert-OH is 1. The van der Waals surface area contributed by atoms with E-state index in [4.69, 9.17) is 16.3 Å². The summed E-state index contributed by atoms with van der Waals surface area (Å²) < 4.78 is 8.23. The fourth-order valence-electron chi connectivity index (χ4n) is 3.27. The maximum atomic E-state index is 13.0. The molecule has 4 aromatic rings. The Labute approximate surface area is 199 Å². The van der Waals surface area contributed by atoms with E-state index in [2.05, 4.69) is 15.0 Å². The Bertz CT molecular complexity index is 1470. The van der Waals surface area contributed by atoms with Crippen molar-refractivity contribution in [1.82, 2.24) is 19.1 Å². The third kappa shape index (κ3) is 5.33. The Balaban J connectivity index is 1.69. The Morgan fingerprint density at radius 3 is 2.44 bits per heavy atom. The minimum absolute atomic E-state index is 0.126. The molecule has 0 fully saturated rings. The number of hydrogen-bond acceptors (Lipinski definition) is 6. The summed E-state index contributed by atoms with van der Waals surface area (Å²) in [5, 5.41) is 9.81. The van der Waals surface area contributed by atoms with E-state index in [0.717, 1.165) is 10.1 Å². The van der Waals surface area contributed by atoms with Crippen molar-refractivity contribution in [3.63, 3.8) is 0 Å². The van der Waals surface area contributed by atoms with Gasteiger partial charge in [0.1, 0.15) is 5.75 Å². The number of ether oxygens (including phenoxy) is 1. The van der Waals surface area contributed by atoms with E-state index in [1.54, 1.807) is 61.5 Å². The topological polar surface area (TPSA) is 114 Å². The lowest BCUT2D eigenvalue weighted by atomic mass is 10.2. The van der Waals surface area contributed by atoms with Gasteiger partial charge < -0.3 is 9.84 Å². The monoisotopic (exact) mass is 479 g/mol. The average Bonchev–Trinajstić information content (AvgIpc) is 2.84. The van der Waals surface area contributed by atoms with Crippen LogP contribution in [0.3, 0.4) is 0 Å². The Kier molecular flexibility index (Phi) is 7.05. The molecular formula is C24H22ClN5O4. The van der Waals surface area contributed by atoms with E-state index < -0.39 is 11.4 Å². The third-order valence-corrected chi connectivity index (χ3v) is 5.24. The Morgan fingerprint density at radius 1 is 1.03 bits per heavy atom. The van der Waals surface area contributed by atoms with Crippen molar-refractivity contribution < 1.29 is 9.84 Å². The molecule has 0 amide bonds. The quantitative estimate of drug-likeness (QED) is 0.423. The van der Waals surface area contributed by atoms with Crippen molar-refractivity contribution in [2.45, 2.75) is 26.6 Å². The summed E-state index contributed by atoms with van der Waals surface area (Å²) in [5.74, 6) is 0.870. The van der Waals surface area contributed by atoms with Crippen LogP contribution in [0.25, 0.3) is 0 Å². The lowest BCUT2D eigenvalue weighted by molar-refractivity contribution is 0.275. The van der Waals surface area contributed by atoms with Crippen molar-refractivity contribution in [2.75, 3.05) is 0 Å². The van der Waals surface area contributed by atoms with Crippen molar-refractivity contribution in [3.05, 3.63) is 110 Å². The molecule has 0 aliphatic carbocycles. The normalized spacial score (nSPS) is 11.6. The largest absolute Gasteiger partial charge is 0.439 e. The molecule has 2 aromatic heterocycles. The maximum Gasteiger partial charge on any atom is 0.335 e. The van der Waals surface area contributed by atoms with Crippen molar-refractivity contribution in [3.8, 4) is 11.6 Å². The fraction of sp³-hybridized carbons (Fsp3) is 0.167. The van der Waals surface area contributed by atoms with Crippen LogP contribution in [0.5, 0.6) is 11.6 Å². The van der Waals surface area contributed by atoms with Gasteiger partial charge >= 0.3 is 11.4 Å². The van der Waals surface area contributed by atoms with Gasteiger partial charge in [-0.2, -0.15) is 0 Å². The van der Waals surface area contributed by atoms with Gasteiger partial charge in [-0.3, -0.25) is 9.55 Å². The maximum absolute atomic E-state index is 13.0. The summed E-state index contributed by atoms with van der Waals surface area (Å²) in [6, 6.07) is 19.0. The zero-order valence-electron chi connectivity index (χ0n) is 18.3. The molecule has 0 aliphatic rings. The third-order valence-electron chi connectivity index (χ3n) is 4.99. The SMILES string of the molecule is CCn1c(=O)[nH]/c(=N\c2ccc(Oc3cccc(CO)n3)cc2)n(Cc2ccc(Cl)cc2)c1=O. The summed E-state index contributed by atoms with van der Waals surface area (Å²) in [6.45, 7) is 1.98. The Hall–Kier alpha value is -3.95. The first-order valence-electron chi connectivity index (χ1n) is 10.5. The molecule has 0 radical (unpaired) electrons. The van der Waals surface area contributed by atoms with Gasteiger partial charge in [0, 0.05) is 17.6 Å². The molecule has 9 nitrogen and oxygen atoms in total. The number of pyridine rings is 1. The first-order valence-corrected chi connectivity index (χ1v) is 10.9. The number of aromatic amines is 1. The molecule has 0 saturated carbocycles. The van der Waals surface area contributed by atoms with E-state index >= 15 is 0 Å². The van der Waals surface area contributed by atoms with Crippen LogP contribution in [0.15, 0.2) is 81.3 Å². The minimum atomic E-state index is -0.534. The van der Waals surface area contributed by atoms with Crippen LogP contribution >= 0.6 is 11.6 Å². The second kappa shape index (κ2) is 10.3. The van der Waals surface area contributed by atoms with E-state index in [1.165, 1.54) is 4.57 Å². The van der Waals surface area contributed by atoms with Crippen LogP contribution in [0.4, 0.5) is 5.69 Å². The van der Waals surface area contributed by atoms with Gasteiger partial charge in [-0.15, -0.1) is 0 Å². The molecule has 0 bridgehead atoms. The van der Waals surface area contributed by atoms with Crippen LogP contribution < -0.4 is 21.7 Å². The highest BCUT2D eigenvalue weighted by molar-refractivity contribution is 6.30. The number of aliphatic hydroxyl groups is 1. The number of H-pyrrole nitrogens is 1. The number of nitrogens with zero attached hydrogens (tertiary/aromatic N) is 4. The summed E-state index contributed by atoms with van der Waals surface area (Å²) in [7, 11) is 0. The molecule has 10 heteroatoms. The van der Waals surface area contributed by atoms with Crippen LogP contribution in [-0.2, 0) is 19.7 Å². The second-order valence-corrected chi connectivity index (χ2v) is 7.76. The van der Waals surface area contributed by atoms with Crippen molar-refractivity contribution in [1.29, 1.82) is 0 Å². The molecule has 2 aromatic carbocycles. The van der Waals surface area contributed by atoms with E-state index in [0.29, 0.717) is 28.0 Å². The van der Waals surface area contributed by atoms with Crippen molar-refractivity contribution in [2.24, 2.45) is 4.99 Å². The van der Waals surface area contributed by atoms with Gasteiger partial charge in [0.15, 0.2) is 0 Å². The summed E-state index contributed by atoms with van der Waals surface area (Å²) in [5.41, 5.74) is 0.974. The number of aromatic nitrogens is 4. The summed E-state index contributed by atoms with van der Waals surface area (Å²) in [4.78, 5) is 36.8. The fourth-order valence-corrected chi connectivity index (χ4v) is 3.40. The first kappa shape index (κ1) is 23.2. The lowest BCUT2D eigenvalue weighted by Crippen LogP contribution is -2.49. The molecule has 2 N–H and O–H groups in total. The number of hydrogen-bond donors (Lipinski definition) is 2. The van der Waals surface area contributed by atoms with Gasteiger partial charge in [0.25, 0.3) is 0 Å². The Morgan fingerprint density at radius 2 is 1.76 bits per heavy atom. The van der Waals surface area contributed by atoms with E-state index in [9.17, 15) is 14.7 Å². The van der Waals surface area contributed by atoms with E-state index in [1.807, 2.05) is 12.1 Å². The zero-order chi connectivity index (χ0) is 24.1. The van der Waals surface area contributed by atoms with E-state index in [-0.39, 0.29) is 25.3 Å². The van der Waals surface area contributed by atoms with Crippen molar-refractivity contribution >= 4 is 17.3 Å². The molecular weight excluding hydrogens is 458 g/mol. The highest BCUT2D eigenvalue weighted by atomic mass is 35.5. The molecule has 0 saturated heterocycles.